The molecule has 0 spiro atoms. The second-order valence-corrected chi connectivity index (χ2v) is 10.5. The number of hydrogen-bond acceptors (Lipinski definition) is 6. The molecular formula is C27H34N8O. The van der Waals surface area contributed by atoms with Crippen molar-refractivity contribution in [2.45, 2.75) is 40.0 Å². The Morgan fingerprint density at radius 3 is 2.53 bits per heavy atom. The van der Waals surface area contributed by atoms with Gasteiger partial charge < -0.3 is 14.8 Å². The highest BCUT2D eigenvalue weighted by Gasteiger charge is 2.26. The third-order valence-corrected chi connectivity index (χ3v) is 7.90. The summed E-state index contributed by atoms with van der Waals surface area (Å²) >= 11 is 0. The molecule has 0 atom stereocenters. The summed E-state index contributed by atoms with van der Waals surface area (Å²) < 4.78 is 1.86. The van der Waals surface area contributed by atoms with Crippen molar-refractivity contribution < 1.29 is 4.79 Å². The Hall–Kier alpha value is -3.46. The lowest BCUT2D eigenvalue weighted by molar-refractivity contribution is -0.133. The predicted octanol–water partition coefficient (Wildman–Crippen LogP) is 3.37. The first-order valence-corrected chi connectivity index (χ1v) is 13.0. The highest BCUT2D eigenvalue weighted by atomic mass is 16.2. The SMILES string of the molecule is Cc1c(-c2[nH]c3ccc(N4CCN(C(=O)CN5CCC5)CC4)nc3c2C(C)C)cn2ncnc2c1C. The highest BCUT2D eigenvalue weighted by molar-refractivity contribution is 5.90. The molecular weight excluding hydrogens is 452 g/mol. The van der Waals surface area contributed by atoms with Crippen LogP contribution in [0.2, 0.25) is 0 Å². The fraction of sp³-hybridized carbons (Fsp3) is 0.481. The van der Waals surface area contributed by atoms with Gasteiger partial charge in [0.1, 0.15) is 12.1 Å². The van der Waals surface area contributed by atoms with Gasteiger partial charge in [-0.15, -0.1) is 0 Å². The van der Waals surface area contributed by atoms with Crippen molar-refractivity contribution in [1.29, 1.82) is 0 Å². The number of likely N-dealkylation sites (tertiary alicyclic amines) is 1. The minimum Gasteiger partial charge on any atom is -0.353 e. The molecule has 1 amide bonds. The lowest BCUT2D eigenvalue weighted by atomic mass is 9.95. The number of rotatable bonds is 5. The number of carbonyl (C=O) groups is 1. The van der Waals surface area contributed by atoms with Crippen LogP contribution in [0, 0.1) is 13.8 Å². The lowest BCUT2D eigenvalue weighted by Gasteiger charge is -2.37. The third kappa shape index (κ3) is 3.82. The maximum absolute atomic E-state index is 12.6. The van der Waals surface area contributed by atoms with E-state index in [2.05, 4.69) is 70.9 Å². The van der Waals surface area contributed by atoms with E-state index in [-0.39, 0.29) is 5.91 Å². The molecule has 36 heavy (non-hydrogen) atoms. The number of aromatic amines is 1. The number of carbonyl (C=O) groups excluding carboxylic acids is 1. The monoisotopic (exact) mass is 486 g/mol. The van der Waals surface area contributed by atoms with Gasteiger partial charge in [0.25, 0.3) is 0 Å². The average Bonchev–Trinajstić information content (AvgIpc) is 3.48. The zero-order chi connectivity index (χ0) is 25.0. The Labute approximate surface area is 211 Å². The van der Waals surface area contributed by atoms with Gasteiger partial charge in [-0.1, -0.05) is 13.8 Å². The van der Waals surface area contributed by atoms with Crippen LogP contribution in [0.15, 0.2) is 24.7 Å². The van der Waals surface area contributed by atoms with Crippen LogP contribution in [0.1, 0.15) is 42.9 Å². The third-order valence-electron chi connectivity index (χ3n) is 7.90. The maximum atomic E-state index is 12.6. The normalized spacial score (nSPS) is 16.9. The van der Waals surface area contributed by atoms with Crippen LogP contribution in [-0.4, -0.2) is 86.1 Å². The van der Waals surface area contributed by atoms with Crippen molar-refractivity contribution in [3.05, 3.63) is 41.3 Å². The van der Waals surface area contributed by atoms with E-state index in [1.165, 1.54) is 17.5 Å². The summed E-state index contributed by atoms with van der Waals surface area (Å²) in [5, 5.41) is 4.39. The number of H-pyrrole nitrogens is 1. The molecule has 0 aromatic carbocycles. The Balaban J connectivity index is 1.30. The number of nitrogens with zero attached hydrogens (tertiary/aromatic N) is 7. The number of piperazine rings is 1. The van der Waals surface area contributed by atoms with Crippen LogP contribution >= 0.6 is 0 Å². The second kappa shape index (κ2) is 8.89. The van der Waals surface area contributed by atoms with E-state index in [4.69, 9.17) is 4.98 Å². The Morgan fingerprint density at radius 1 is 1.06 bits per heavy atom. The fourth-order valence-corrected chi connectivity index (χ4v) is 5.50. The van der Waals surface area contributed by atoms with Crippen molar-refractivity contribution in [3.8, 4) is 11.3 Å². The van der Waals surface area contributed by atoms with Crippen LogP contribution < -0.4 is 4.90 Å². The zero-order valence-corrected chi connectivity index (χ0v) is 21.6. The molecule has 0 aliphatic carbocycles. The molecule has 6 rings (SSSR count). The van der Waals surface area contributed by atoms with Gasteiger partial charge in [0.05, 0.1) is 23.3 Å². The van der Waals surface area contributed by atoms with E-state index in [1.54, 1.807) is 6.33 Å². The number of nitrogens with one attached hydrogen (secondary N) is 1. The van der Waals surface area contributed by atoms with Gasteiger partial charge in [-0.3, -0.25) is 9.69 Å². The smallest absolute Gasteiger partial charge is 0.236 e. The number of fused-ring (bicyclic) bond motifs is 2. The topological polar surface area (TPSA) is 85.7 Å². The quantitative estimate of drug-likeness (QED) is 0.466. The second-order valence-electron chi connectivity index (χ2n) is 10.5. The van der Waals surface area contributed by atoms with Crippen LogP contribution in [0.3, 0.4) is 0 Å². The van der Waals surface area contributed by atoms with Gasteiger partial charge in [0, 0.05) is 43.5 Å². The molecule has 4 aromatic rings. The molecule has 2 fully saturated rings. The van der Waals surface area contributed by atoms with Crippen LogP contribution in [-0.2, 0) is 4.79 Å². The summed E-state index contributed by atoms with van der Waals surface area (Å²) in [4.78, 5) is 32.4. The Bertz CT molecular complexity index is 1440. The highest BCUT2D eigenvalue weighted by Crippen LogP contribution is 2.38. The van der Waals surface area contributed by atoms with Crippen LogP contribution in [0.4, 0.5) is 5.82 Å². The summed E-state index contributed by atoms with van der Waals surface area (Å²) in [7, 11) is 0. The first-order valence-electron chi connectivity index (χ1n) is 13.0. The molecule has 0 unspecified atom stereocenters. The van der Waals surface area contributed by atoms with E-state index in [9.17, 15) is 4.79 Å². The Kier molecular flexibility index (Phi) is 5.67. The minimum absolute atomic E-state index is 0.255. The van der Waals surface area contributed by atoms with E-state index in [1.807, 2.05) is 9.42 Å². The van der Waals surface area contributed by atoms with Gasteiger partial charge in [-0.25, -0.2) is 14.5 Å². The number of anilines is 1. The van der Waals surface area contributed by atoms with Crippen molar-refractivity contribution >= 4 is 28.4 Å². The molecule has 9 nitrogen and oxygen atoms in total. The zero-order valence-electron chi connectivity index (χ0n) is 21.6. The van der Waals surface area contributed by atoms with Crippen molar-refractivity contribution in [2.24, 2.45) is 0 Å². The molecule has 2 saturated heterocycles. The first-order chi connectivity index (χ1) is 17.4. The molecule has 6 heterocycles. The van der Waals surface area contributed by atoms with Crippen LogP contribution in [0.5, 0.6) is 0 Å². The van der Waals surface area contributed by atoms with Crippen LogP contribution in [0.25, 0.3) is 27.9 Å². The number of aryl methyl sites for hydroxylation is 1. The van der Waals surface area contributed by atoms with Gasteiger partial charge in [0.2, 0.25) is 5.91 Å². The summed E-state index contributed by atoms with van der Waals surface area (Å²) in [6.45, 7) is 14.5. The van der Waals surface area contributed by atoms with Crippen molar-refractivity contribution in [3.63, 3.8) is 0 Å². The van der Waals surface area contributed by atoms with Gasteiger partial charge >= 0.3 is 0 Å². The van der Waals surface area contributed by atoms with Gasteiger partial charge in [-0.05, 0) is 62.5 Å². The number of aromatic nitrogens is 5. The molecule has 0 saturated carbocycles. The number of amides is 1. The minimum atomic E-state index is 0.255. The number of hydrogen-bond donors (Lipinski definition) is 1. The molecule has 4 aromatic heterocycles. The maximum Gasteiger partial charge on any atom is 0.236 e. The summed E-state index contributed by atoms with van der Waals surface area (Å²) in [5.41, 5.74) is 8.73. The number of pyridine rings is 2. The average molecular weight is 487 g/mol. The molecule has 0 bridgehead atoms. The predicted molar refractivity (Wildman–Crippen MR) is 141 cm³/mol. The Morgan fingerprint density at radius 2 is 1.83 bits per heavy atom. The molecule has 1 N–H and O–H groups in total. The summed E-state index contributed by atoms with van der Waals surface area (Å²) in [6, 6.07) is 4.24. The summed E-state index contributed by atoms with van der Waals surface area (Å²) in [6.07, 6.45) is 4.88. The van der Waals surface area contributed by atoms with E-state index in [0.29, 0.717) is 12.5 Å². The van der Waals surface area contributed by atoms with E-state index >= 15 is 0 Å². The summed E-state index contributed by atoms with van der Waals surface area (Å²) in [5.74, 6) is 1.52. The molecule has 0 radical (unpaired) electrons. The van der Waals surface area contributed by atoms with Gasteiger partial charge in [-0.2, -0.15) is 5.10 Å². The van der Waals surface area contributed by atoms with Crippen molar-refractivity contribution in [1.82, 2.24) is 34.4 Å². The molecule has 188 valence electrons. The molecule has 9 heteroatoms. The standard InChI is InChI=1S/C27H34N8O/c1-17(2)24-25(20-14-35-27(28-16-29-35)19(4)18(20)3)30-21-6-7-22(31-26(21)24)33-10-12-34(13-11-33)23(36)15-32-8-5-9-32/h6-7,14,16-17,30H,5,8-13,15H2,1-4H3. The molecule has 2 aliphatic heterocycles. The first kappa shape index (κ1) is 23.0. The van der Waals surface area contributed by atoms with E-state index in [0.717, 1.165) is 78.6 Å². The van der Waals surface area contributed by atoms with Gasteiger partial charge in [0.15, 0.2) is 5.65 Å². The van der Waals surface area contributed by atoms with Crippen molar-refractivity contribution in [2.75, 3.05) is 50.7 Å². The van der Waals surface area contributed by atoms with E-state index < -0.39 is 0 Å². The lowest BCUT2D eigenvalue weighted by Crippen LogP contribution is -2.53. The largest absolute Gasteiger partial charge is 0.353 e. The molecule has 2 aliphatic rings. The fourth-order valence-electron chi connectivity index (χ4n) is 5.50.